The van der Waals surface area contributed by atoms with Crippen LogP contribution in [0.3, 0.4) is 0 Å². The van der Waals surface area contributed by atoms with Crippen molar-refractivity contribution in [3.05, 3.63) is 58.5 Å². The highest BCUT2D eigenvalue weighted by atomic mass is 16.5. The Morgan fingerprint density at radius 3 is 2.65 bits per heavy atom. The van der Waals surface area contributed by atoms with Crippen molar-refractivity contribution in [1.82, 2.24) is 9.38 Å². The first kappa shape index (κ1) is 21.7. The van der Waals surface area contributed by atoms with Crippen LogP contribution in [0.15, 0.2) is 30.5 Å². The van der Waals surface area contributed by atoms with Crippen molar-refractivity contribution < 1.29 is 19.1 Å². The average molecular weight is 420 g/mol. The number of pyridine rings is 1. The van der Waals surface area contributed by atoms with Gasteiger partial charge in [-0.25, -0.2) is 14.6 Å². The monoisotopic (exact) mass is 420 g/mol. The molecule has 1 aromatic carbocycles. The van der Waals surface area contributed by atoms with Gasteiger partial charge in [-0.1, -0.05) is 12.1 Å². The van der Waals surface area contributed by atoms with Gasteiger partial charge in [0.2, 0.25) is 0 Å². The molecule has 31 heavy (non-hydrogen) atoms. The van der Waals surface area contributed by atoms with E-state index in [-0.39, 0.29) is 0 Å². The van der Waals surface area contributed by atoms with E-state index in [9.17, 15) is 9.59 Å². The summed E-state index contributed by atoms with van der Waals surface area (Å²) in [5, 5.41) is 6.07. The van der Waals surface area contributed by atoms with Crippen LogP contribution >= 0.6 is 0 Å². The summed E-state index contributed by atoms with van der Waals surface area (Å²) < 4.78 is 11.4. The van der Waals surface area contributed by atoms with E-state index in [4.69, 9.17) is 15.9 Å². The summed E-state index contributed by atoms with van der Waals surface area (Å²) >= 11 is 0. The van der Waals surface area contributed by atoms with Crippen molar-refractivity contribution >= 4 is 29.1 Å². The molecule has 0 aliphatic rings. The van der Waals surface area contributed by atoms with Gasteiger partial charge < -0.3 is 19.2 Å². The van der Waals surface area contributed by atoms with Crippen LogP contribution in [-0.4, -0.2) is 35.7 Å². The summed E-state index contributed by atoms with van der Waals surface area (Å²) in [6.45, 7) is 4.20. The number of carbonyl (C=O) groups is 2. The third-order valence-electron chi connectivity index (χ3n) is 5.00. The molecule has 2 aromatic heterocycles. The molecule has 0 aliphatic carbocycles. The number of aryl methyl sites for hydroxylation is 2. The third-order valence-corrected chi connectivity index (χ3v) is 5.00. The van der Waals surface area contributed by atoms with E-state index in [1.165, 1.54) is 14.2 Å². The van der Waals surface area contributed by atoms with Crippen LogP contribution in [0.25, 0.3) is 5.65 Å². The van der Waals surface area contributed by atoms with E-state index in [1.54, 1.807) is 18.3 Å². The van der Waals surface area contributed by atoms with Gasteiger partial charge in [-0.15, -0.1) is 12.3 Å². The molecule has 3 rings (SSSR count). The molecular formula is C23H24N4O4. The van der Waals surface area contributed by atoms with Crippen molar-refractivity contribution in [3.63, 3.8) is 0 Å². The second-order valence-electron chi connectivity index (χ2n) is 6.92. The number of anilines is 2. The number of imidazole rings is 1. The average Bonchev–Trinajstić information content (AvgIpc) is 3.08. The molecule has 0 saturated heterocycles. The van der Waals surface area contributed by atoms with E-state index in [0.717, 1.165) is 22.5 Å². The minimum atomic E-state index is -0.551. The lowest BCUT2D eigenvalue weighted by Gasteiger charge is -2.16. The number of nitrogens with one attached hydrogen (secondary N) is 2. The van der Waals surface area contributed by atoms with E-state index in [2.05, 4.69) is 21.5 Å². The Hall–Kier alpha value is -3.99. The Balaban J connectivity index is 2.04. The van der Waals surface area contributed by atoms with Crippen molar-refractivity contribution in [2.75, 3.05) is 24.9 Å². The molecule has 8 heteroatoms. The fourth-order valence-corrected chi connectivity index (χ4v) is 3.37. The van der Waals surface area contributed by atoms with Crippen molar-refractivity contribution in [2.24, 2.45) is 0 Å². The highest BCUT2D eigenvalue weighted by molar-refractivity contribution is 5.92. The van der Waals surface area contributed by atoms with Crippen molar-refractivity contribution in [3.8, 4) is 12.3 Å². The number of fused-ring (bicyclic) bond motifs is 1. The summed E-state index contributed by atoms with van der Waals surface area (Å²) in [6, 6.07) is 7.29. The Kier molecular flexibility index (Phi) is 6.46. The predicted octanol–water partition coefficient (Wildman–Crippen LogP) is 3.70. The first-order valence-electron chi connectivity index (χ1n) is 9.60. The zero-order chi connectivity index (χ0) is 22.5. The van der Waals surface area contributed by atoms with E-state index in [0.29, 0.717) is 35.6 Å². The quantitative estimate of drug-likeness (QED) is 0.466. The highest BCUT2D eigenvalue weighted by Gasteiger charge is 2.17. The lowest BCUT2D eigenvalue weighted by Crippen LogP contribution is -2.15. The lowest BCUT2D eigenvalue weighted by atomic mass is 10.1. The van der Waals surface area contributed by atoms with Gasteiger partial charge in [0, 0.05) is 18.4 Å². The van der Waals surface area contributed by atoms with Gasteiger partial charge >= 0.3 is 12.1 Å². The predicted molar refractivity (Wildman–Crippen MR) is 118 cm³/mol. The molecule has 160 valence electrons. The molecule has 2 N–H and O–H groups in total. The SMILES string of the molecule is C#CCc1c(C)nc2c(NCc3c(C)cccc3NC(=O)OC)cc(C(=O)OC)cn12. The second-order valence-corrected chi connectivity index (χ2v) is 6.92. The third kappa shape index (κ3) is 4.46. The number of esters is 1. The van der Waals surface area contributed by atoms with Gasteiger partial charge in [-0.3, -0.25) is 5.32 Å². The molecule has 0 aliphatic heterocycles. The van der Waals surface area contributed by atoms with Crippen LogP contribution in [0.4, 0.5) is 16.2 Å². The van der Waals surface area contributed by atoms with Gasteiger partial charge in [0.05, 0.1) is 43.3 Å². The number of hydrogen-bond acceptors (Lipinski definition) is 6. The van der Waals surface area contributed by atoms with Crippen molar-refractivity contribution in [1.29, 1.82) is 0 Å². The van der Waals surface area contributed by atoms with Gasteiger partial charge in [0.25, 0.3) is 0 Å². The number of hydrogen-bond donors (Lipinski definition) is 2. The molecule has 2 heterocycles. The molecule has 0 atom stereocenters. The maximum Gasteiger partial charge on any atom is 0.411 e. The largest absolute Gasteiger partial charge is 0.465 e. The van der Waals surface area contributed by atoms with Gasteiger partial charge in [-0.2, -0.15) is 0 Å². The topological polar surface area (TPSA) is 94.0 Å². The minimum Gasteiger partial charge on any atom is -0.465 e. The van der Waals surface area contributed by atoms with Crippen LogP contribution in [0.1, 0.15) is 32.9 Å². The molecule has 0 bridgehead atoms. The van der Waals surface area contributed by atoms with Crippen LogP contribution in [0, 0.1) is 26.2 Å². The fourth-order valence-electron chi connectivity index (χ4n) is 3.37. The molecule has 1 amide bonds. The molecule has 3 aromatic rings. The van der Waals surface area contributed by atoms with E-state index < -0.39 is 12.1 Å². The zero-order valence-electron chi connectivity index (χ0n) is 17.9. The van der Waals surface area contributed by atoms with Crippen LogP contribution < -0.4 is 10.6 Å². The summed E-state index contributed by atoms with van der Waals surface area (Å²) in [5.74, 6) is 2.17. The number of amides is 1. The lowest BCUT2D eigenvalue weighted by molar-refractivity contribution is 0.0600. The Morgan fingerprint density at radius 2 is 1.97 bits per heavy atom. The van der Waals surface area contributed by atoms with Crippen LogP contribution in [-0.2, 0) is 22.4 Å². The number of nitrogens with zero attached hydrogens (tertiary/aromatic N) is 2. The number of aromatic nitrogens is 2. The zero-order valence-corrected chi connectivity index (χ0v) is 17.9. The van der Waals surface area contributed by atoms with Gasteiger partial charge in [0.15, 0.2) is 5.65 Å². The first-order chi connectivity index (χ1) is 14.9. The molecule has 0 spiro atoms. The first-order valence-corrected chi connectivity index (χ1v) is 9.60. The summed E-state index contributed by atoms with van der Waals surface area (Å²) in [7, 11) is 2.64. The number of carbonyl (C=O) groups excluding carboxylic acids is 2. The van der Waals surface area contributed by atoms with Gasteiger partial charge in [0.1, 0.15) is 0 Å². The molecule has 0 saturated carbocycles. The maximum atomic E-state index is 12.2. The summed E-state index contributed by atoms with van der Waals surface area (Å²) in [5.41, 5.74) is 5.75. The minimum absolute atomic E-state index is 0.367. The Labute approximate surface area is 180 Å². The number of benzene rings is 1. The number of rotatable bonds is 6. The van der Waals surface area contributed by atoms with E-state index >= 15 is 0 Å². The Morgan fingerprint density at radius 1 is 1.19 bits per heavy atom. The summed E-state index contributed by atoms with van der Waals surface area (Å²) in [6.07, 6.45) is 7.02. The van der Waals surface area contributed by atoms with Gasteiger partial charge in [-0.05, 0) is 37.1 Å². The van der Waals surface area contributed by atoms with E-state index in [1.807, 2.05) is 30.4 Å². The molecule has 8 nitrogen and oxygen atoms in total. The number of ether oxygens (including phenoxy) is 2. The maximum absolute atomic E-state index is 12.2. The second kappa shape index (κ2) is 9.22. The fraction of sp³-hybridized carbons (Fsp3) is 0.261. The smallest absolute Gasteiger partial charge is 0.411 e. The van der Waals surface area contributed by atoms with Crippen LogP contribution in [0.5, 0.6) is 0 Å². The molecule has 0 fully saturated rings. The Bertz CT molecular complexity index is 1190. The molecule has 0 radical (unpaired) electrons. The highest BCUT2D eigenvalue weighted by Crippen LogP contribution is 2.26. The number of methoxy groups -OCH3 is 2. The number of terminal acetylenes is 1. The van der Waals surface area contributed by atoms with Crippen molar-refractivity contribution in [2.45, 2.75) is 26.8 Å². The summed E-state index contributed by atoms with van der Waals surface area (Å²) in [4.78, 5) is 28.6. The van der Waals surface area contributed by atoms with Crippen LogP contribution in [0.2, 0.25) is 0 Å². The normalized spacial score (nSPS) is 10.4. The molecular weight excluding hydrogens is 396 g/mol. The molecule has 0 unspecified atom stereocenters. The standard InChI is InChI=1S/C23H24N4O4/c1-6-8-20-15(3)25-21-19(11-16(13-27(20)21)22(28)30-4)24-12-17-14(2)9-7-10-18(17)26-23(29)31-5/h1,7,9-11,13,24H,8,12H2,2-5H3,(H,26,29).